The van der Waals surface area contributed by atoms with Gasteiger partial charge in [-0.3, -0.25) is 14.9 Å². The van der Waals surface area contributed by atoms with Crippen molar-refractivity contribution in [3.63, 3.8) is 0 Å². The molecule has 0 bridgehead atoms. The van der Waals surface area contributed by atoms with E-state index in [9.17, 15) is 14.9 Å². The van der Waals surface area contributed by atoms with Crippen LogP contribution in [0.25, 0.3) is 16.8 Å². The Labute approximate surface area is 202 Å². The fourth-order valence-corrected chi connectivity index (χ4v) is 5.25. The molecule has 0 amide bonds. The molecular formula is C27H26N2O6. The van der Waals surface area contributed by atoms with E-state index in [1.54, 1.807) is 6.92 Å². The van der Waals surface area contributed by atoms with Gasteiger partial charge in [0.1, 0.15) is 6.54 Å². The Balaban J connectivity index is 1.75. The van der Waals surface area contributed by atoms with Gasteiger partial charge >= 0.3 is 5.97 Å². The maximum atomic E-state index is 12.8. The van der Waals surface area contributed by atoms with Gasteiger partial charge in [0.2, 0.25) is 5.72 Å². The number of esters is 1. The van der Waals surface area contributed by atoms with Crippen molar-refractivity contribution in [3.05, 3.63) is 75.8 Å². The summed E-state index contributed by atoms with van der Waals surface area (Å²) in [5.41, 5.74) is 0.648. The Morgan fingerprint density at radius 1 is 1.17 bits per heavy atom. The van der Waals surface area contributed by atoms with E-state index in [1.165, 1.54) is 19.2 Å². The molecular weight excluding hydrogens is 448 g/mol. The quantitative estimate of drug-likeness (QED) is 0.284. The van der Waals surface area contributed by atoms with Gasteiger partial charge < -0.3 is 19.1 Å². The SMILES string of the molecule is CCOC(=O)CN1c2c(ccc3ccccc23)C(C)(C)C12C=Cc1cc([N+](=O)[O-])cc(OC)c1O2. The smallest absolute Gasteiger partial charge is 0.325 e. The first-order chi connectivity index (χ1) is 16.7. The number of benzene rings is 3. The van der Waals surface area contributed by atoms with E-state index in [1.807, 2.05) is 41.3 Å². The molecule has 8 heteroatoms. The van der Waals surface area contributed by atoms with Crippen LogP contribution in [0.15, 0.2) is 54.6 Å². The first kappa shape index (κ1) is 22.7. The second-order valence-electron chi connectivity index (χ2n) is 9.15. The summed E-state index contributed by atoms with van der Waals surface area (Å²) in [4.78, 5) is 25.8. The van der Waals surface area contributed by atoms with Crippen LogP contribution in [0.5, 0.6) is 11.5 Å². The molecule has 0 aliphatic carbocycles. The molecule has 0 N–H and O–H groups in total. The minimum atomic E-state index is -1.11. The van der Waals surface area contributed by atoms with Crippen molar-refractivity contribution in [3.8, 4) is 11.5 Å². The summed E-state index contributed by atoms with van der Waals surface area (Å²) in [6.07, 6.45) is 3.69. The second-order valence-corrected chi connectivity index (χ2v) is 9.15. The zero-order valence-corrected chi connectivity index (χ0v) is 20.0. The lowest BCUT2D eigenvalue weighted by Gasteiger charge is -2.46. The molecule has 180 valence electrons. The van der Waals surface area contributed by atoms with E-state index < -0.39 is 16.1 Å². The summed E-state index contributed by atoms with van der Waals surface area (Å²) in [6.45, 7) is 6.14. The van der Waals surface area contributed by atoms with Gasteiger partial charge in [-0.05, 0) is 43.9 Å². The van der Waals surface area contributed by atoms with Gasteiger partial charge in [0.05, 0.1) is 35.8 Å². The number of carbonyl (C=O) groups excluding carboxylic acids is 1. The van der Waals surface area contributed by atoms with Crippen LogP contribution in [-0.4, -0.2) is 36.9 Å². The molecule has 2 aliphatic rings. The van der Waals surface area contributed by atoms with Crippen molar-refractivity contribution in [2.75, 3.05) is 25.2 Å². The van der Waals surface area contributed by atoms with Gasteiger partial charge in [-0.1, -0.05) is 36.4 Å². The molecule has 3 aromatic rings. The predicted octanol–water partition coefficient (Wildman–Crippen LogP) is 5.22. The molecule has 5 rings (SSSR count). The number of methoxy groups -OCH3 is 1. The highest BCUT2D eigenvalue weighted by Gasteiger charge is 2.60. The van der Waals surface area contributed by atoms with E-state index in [0.29, 0.717) is 11.3 Å². The van der Waals surface area contributed by atoms with E-state index in [-0.39, 0.29) is 30.6 Å². The fourth-order valence-electron chi connectivity index (χ4n) is 5.25. The summed E-state index contributed by atoms with van der Waals surface area (Å²) < 4.78 is 17.6. The average Bonchev–Trinajstić information content (AvgIpc) is 3.02. The standard InChI is InChI=1S/C27H26N2O6/c1-5-34-23(30)16-28-24-20-9-7-6-8-17(20)10-11-21(24)26(2,3)27(28)13-12-18-14-19(29(31)32)15-22(33-4)25(18)35-27/h6-15H,5,16H2,1-4H3. The molecule has 2 aliphatic heterocycles. The molecule has 1 spiro atoms. The van der Waals surface area contributed by atoms with Crippen LogP contribution in [0.1, 0.15) is 31.9 Å². The zero-order chi connectivity index (χ0) is 25.0. The highest BCUT2D eigenvalue weighted by atomic mass is 16.6. The summed E-state index contributed by atoms with van der Waals surface area (Å²) in [7, 11) is 1.45. The van der Waals surface area contributed by atoms with Crippen LogP contribution in [0.2, 0.25) is 0 Å². The molecule has 3 aromatic carbocycles. The number of hydrogen-bond donors (Lipinski definition) is 0. The lowest BCUT2D eigenvalue weighted by Crippen LogP contribution is -2.60. The number of hydrogen-bond acceptors (Lipinski definition) is 7. The van der Waals surface area contributed by atoms with Crippen LogP contribution in [0, 0.1) is 10.1 Å². The summed E-state index contributed by atoms with van der Waals surface area (Å²) in [5, 5.41) is 13.5. The number of rotatable bonds is 5. The van der Waals surface area contributed by atoms with Crippen LogP contribution in [0.3, 0.4) is 0 Å². The first-order valence-electron chi connectivity index (χ1n) is 11.4. The normalized spacial score (nSPS) is 19.3. The second kappa shape index (κ2) is 8.01. The molecule has 0 saturated carbocycles. The number of nitro benzene ring substituents is 1. The Morgan fingerprint density at radius 2 is 1.94 bits per heavy atom. The number of non-ortho nitro benzene ring substituents is 1. The Kier molecular flexibility index (Phi) is 5.20. The maximum Gasteiger partial charge on any atom is 0.325 e. The summed E-state index contributed by atoms with van der Waals surface area (Å²) in [6, 6.07) is 15.0. The molecule has 1 atom stereocenters. The third kappa shape index (κ3) is 3.24. The third-order valence-electron chi connectivity index (χ3n) is 6.98. The van der Waals surface area contributed by atoms with Crippen LogP contribution < -0.4 is 14.4 Å². The van der Waals surface area contributed by atoms with Gasteiger partial charge in [-0.2, -0.15) is 0 Å². The van der Waals surface area contributed by atoms with Gasteiger partial charge in [0, 0.05) is 17.0 Å². The van der Waals surface area contributed by atoms with E-state index in [4.69, 9.17) is 14.2 Å². The van der Waals surface area contributed by atoms with Gasteiger partial charge in [-0.15, -0.1) is 0 Å². The molecule has 0 saturated heterocycles. The Bertz CT molecular complexity index is 1400. The third-order valence-corrected chi connectivity index (χ3v) is 6.98. The van der Waals surface area contributed by atoms with Gasteiger partial charge in [0.25, 0.3) is 5.69 Å². The Morgan fingerprint density at radius 3 is 2.66 bits per heavy atom. The lowest BCUT2D eigenvalue weighted by molar-refractivity contribution is -0.385. The van der Waals surface area contributed by atoms with Crippen molar-refractivity contribution >= 4 is 34.2 Å². The molecule has 8 nitrogen and oxygen atoms in total. The van der Waals surface area contributed by atoms with Crippen molar-refractivity contribution < 1.29 is 23.9 Å². The topological polar surface area (TPSA) is 91.1 Å². The lowest BCUT2D eigenvalue weighted by atomic mass is 9.76. The highest BCUT2D eigenvalue weighted by molar-refractivity contribution is 6.00. The monoisotopic (exact) mass is 474 g/mol. The number of fused-ring (bicyclic) bond motifs is 4. The molecule has 0 fully saturated rings. The average molecular weight is 475 g/mol. The molecule has 2 heterocycles. The van der Waals surface area contributed by atoms with E-state index >= 15 is 0 Å². The molecule has 35 heavy (non-hydrogen) atoms. The number of ether oxygens (including phenoxy) is 3. The first-order valence-corrected chi connectivity index (χ1v) is 11.4. The largest absolute Gasteiger partial charge is 0.493 e. The zero-order valence-electron chi connectivity index (χ0n) is 20.0. The number of carbonyl (C=O) groups is 1. The summed E-state index contributed by atoms with van der Waals surface area (Å²) >= 11 is 0. The molecule has 0 radical (unpaired) electrons. The number of nitrogens with zero attached hydrogens (tertiary/aromatic N) is 2. The van der Waals surface area contributed by atoms with Crippen LogP contribution in [0.4, 0.5) is 11.4 Å². The maximum absolute atomic E-state index is 12.8. The van der Waals surface area contributed by atoms with E-state index in [2.05, 4.69) is 26.0 Å². The van der Waals surface area contributed by atoms with Crippen molar-refractivity contribution in [2.24, 2.45) is 0 Å². The van der Waals surface area contributed by atoms with E-state index in [0.717, 1.165) is 22.0 Å². The molecule has 1 unspecified atom stereocenters. The highest BCUT2D eigenvalue weighted by Crippen LogP contribution is 2.58. The van der Waals surface area contributed by atoms with Crippen molar-refractivity contribution in [1.29, 1.82) is 0 Å². The van der Waals surface area contributed by atoms with Crippen LogP contribution >= 0.6 is 0 Å². The minimum Gasteiger partial charge on any atom is -0.493 e. The molecule has 0 aromatic heterocycles. The summed E-state index contributed by atoms with van der Waals surface area (Å²) in [5.74, 6) is 0.271. The van der Waals surface area contributed by atoms with Gasteiger partial charge in [0.15, 0.2) is 11.5 Å². The minimum absolute atomic E-state index is 0.0345. The number of anilines is 1. The van der Waals surface area contributed by atoms with Crippen molar-refractivity contribution in [1.82, 2.24) is 0 Å². The Hall–Kier alpha value is -4.07. The number of nitro groups is 1. The fraction of sp³-hybridized carbons (Fsp3) is 0.296. The van der Waals surface area contributed by atoms with Crippen LogP contribution in [-0.2, 0) is 14.9 Å². The van der Waals surface area contributed by atoms with Gasteiger partial charge in [-0.25, -0.2) is 0 Å². The van der Waals surface area contributed by atoms with Crippen molar-refractivity contribution in [2.45, 2.75) is 31.9 Å². The predicted molar refractivity (Wildman–Crippen MR) is 133 cm³/mol.